The molecule has 2 amide bonds. The van der Waals surface area contributed by atoms with Gasteiger partial charge in [-0.1, -0.05) is 25.4 Å². The normalized spacial score (nSPS) is 12.8. The monoisotopic (exact) mass is 414 g/mol. The number of likely N-dealkylation sites (N-methyl/N-ethyl adjacent to an activating group) is 1. The Hall–Kier alpha value is -2.32. The summed E-state index contributed by atoms with van der Waals surface area (Å²) < 4.78 is 9.93. The van der Waals surface area contributed by atoms with Crippen LogP contribution in [-0.4, -0.2) is 58.2 Å². The van der Waals surface area contributed by atoms with Crippen LogP contribution in [0.25, 0.3) is 0 Å². The summed E-state index contributed by atoms with van der Waals surface area (Å²) in [6.07, 6.45) is 0.479. The van der Waals surface area contributed by atoms with Crippen molar-refractivity contribution in [2.45, 2.75) is 26.3 Å². The summed E-state index contributed by atoms with van der Waals surface area (Å²) in [5.74, 6) is -0.402. The Balaban J connectivity index is 2.59. The lowest BCUT2D eigenvalue weighted by Gasteiger charge is -2.19. The van der Waals surface area contributed by atoms with Crippen molar-refractivity contribution in [3.05, 3.63) is 23.2 Å². The average molecular weight is 415 g/mol. The molecule has 28 heavy (non-hydrogen) atoms. The number of amides is 2. The molecule has 0 heterocycles. The van der Waals surface area contributed by atoms with Crippen LogP contribution in [0.4, 0.5) is 5.69 Å². The van der Waals surface area contributed by atoms with Crippen LogP contribution in [0.15, 0.2) is 18.2 Å². The second-order valence-electron chi connectivity index (χ2n) is 6.98. The van der Waals surface area contributed by atoms with E-state index in [0.717, 1.165) is 0 Å². The van der Waals surface area contributed by atoms with Gasteiger partial charge in [0.25, 0.3) is 11.8 Å². The maximum absolute atomic E-state index is 12.3. The smallest absolute Gasteiger partial charge is 0.328 e. The predicted molar refractivity (Wildman–Crippen MR) is 107 cm³/mol. The minimum atomic E-state index is -0.699. The molecule has 0 aromatic heterocycles. The van der Waals surface area contributed by atoms with Crippen LogP contribution in [0.2, 0.25) is 5.02 Å². The highest BCUT2D eigenvalue weighted by molar-refractivity contribution is 6.31. The fraction of sp³-hybridized carbons (Fsp3) is 0.526. The molecule has 9 heteroatoms. The molecular weight excluding hydrogens is 386 g/mol. The standard InChI is InChI=1S/C19H28ClN3O5/c1-12(2)8-15(19(26)28-5)22-18(25)11-23(3)10-17(24)21-14-9-13(20)6-7-16(14)27-4/h6-7,9,12,15H,8,10-11H2,1-5H3,(H,21,24)(H,22,25)/p+1/t15-/m0/s1. The van der Waals surface area contributed by atoms with E-state index in [0.29, 0.717) is 27.8 Å². The van der Waals surface area contributed by atoms with Crippen molar-refractivity contribution in [1.82, 2.24) is 5.32 Å². The van der Waals surface area contributed by atoms with E-state index in [2.05, 4.69) is 10.6 Å². The number of esters is 1. The van der Waals surface area contributed by atoms with Crippen molar-refractivity contribution in [2.24, 2.45) is 5.92 Å². The number of halogens is 1. The summed E-state index contributed by atoms with van der Waals surface area (Å²) in [7, 11) is 4.49. The van der Waals surface area contributed by atoms with Gasteiger partial charge < -0.3 is 25.0 Å². The van der Waals surface area contributed by atoms with Crippen molar-refractivity contribution >= 4 is 35.1 Å². The first-order chi connectivity index (χ1) is 13.2. The Morgan fingerprint density at radius 3 is 2.36 bits per heavy atom. The van der Waals surface area contributed by atoms with E-state index in [4.69, 9.17) is 21.1 Å². The molecule has 3 N–H and O–H groups in total. The van der Waals surface area contributed by atoms with Gasteiger partial charge >= 0.3 is 5.97 Å². The van der Waals surface area contributed by atoms with Crippen molar-refractivity contribution < 1.29 is 28.8 Å². The Labute approximate surface area is 170 Å². The summed E-state index contributed by atoms with van der Waals surface area (Å²) in [6.45, 7) is 3.99. The lowest BCUT2D eigenvalue weighted by Crippen LogP contribution is -3.11. The fourth-order valence-corrected chi connectivity index (χ4v) is 2.83. The molecule has 0 spiro atoms. The molecule has 0 saturated heterocycles. The molecule has 0 fully saturated rings. The van der Waals surface area contributed by atoms with Crippen molar-refractivity contribution in [3.8, 4) is 5.75 Å². The zero-order chi connectivity index (χ0) is 21.3. The second-order valence-corrected chi connectivity index (χ2v) is 7.41. The maximum atomic E-state index is 12.3. The minimum Gasteiger partial charge on any atom is -0.495 e. The number of hydrogen-bond acceptors (Lipinski definition) is 5. The third-order valence-corrected chi connectivity index (χ3v) is 4.12. The molecule has 0 saturated carbocycles. The second kappa shape index (κ2) is 11.5. The quantitative estimate of drug-likeness (QED) is 0.484. The van der Waals surface area contributed by atoms with E-state index in [1.54, 1.807) is 25.2 Å². The van der Waals surface area contributed by atoms with Crippen LogP contribution in [0, 0.1) is 5.92 Å². The van der Waals surface area contributed by atoms with E-state index >= 15 is 0 Å². The number of hydrogen-bond donors (Lipinski definition) is 3. The SMILES string of the molecule is COC(=O)[C@H](CC(C)C)NC(=O)C[NH+](C)CC(=O)Nc1cc(Cl)ccc1OC. The molecule has 0 aliphatic heterocycles. The molecule has 1 aromatic rings. The number of ether oxygens (including phenoxy) is 2. The third kappa shape index (κ3) is 8.14. The number of rotatable bonds is 10. The van der Waals surface area contributed by atoms with Gasteiger partial charge in [0, 0.05) is 5.02 Å². The summed E-state index contributed by atoms with van der Waals surface area (Å²) in [6, 6.07) is 4.21. The molecule has 156 valence electrons. The van der Waals surface area contributed by atoms with Crippen LogP contribution in [0.5, 0.6) is 5.75 Å². The van der Waals surface area contributed by atoms with Crippen LogP contribution >= 0.6 is 11.6 Å². The number of benzene rings is 1. The predicted octanol–water partition coefficient (Wildman–Crippen LogP) is 0.506. The van der Waals surface area contributed by atoms with Gasteiger partial charge in [-0.3, -0.25) is 9.59 Å². The van der Waals surface area contributed by atoms with Gasteiger partial charge in [0.2, 0.25) is 0 Å². The van der Waals surface area contributed by atoms with Crippen LogP contribution in [-0.2, 0) is 19.1 Å². The molecule has 0 aliphatic carbocycles. The zero-order valence-corrected chi connectivity index (χ0v) is 17.7. The lowest BCUT2D eigenvalue weighted by molar-refractivity contribution is -0.862. The van der Waals surface area contributed by atoms with E-state index < -0.39 is 12.0 Å². The highest BCUT2D eigenvalue weighted by Crippen LogP contribution is 2.27. The van der Waals surface area contributed by atoms with Crippen molar-refractivity contribution in [3.63, 3.8) is 0 Å². The van der Waals surface area contributed by atoms with E-state index in [1.165, 1.54) is 14.2 Å². The molecule has 0 aliphatic rings. The van der Waals surface area contributed by atoms with Gasteiger partial charge in [-0.05, 0) is 30.5 Å². The molecule has 1 unspecified atom stereocenters. The lowest BCUT2D eigenvalue weighted by atomic mass is 10.0. The summed E-state index contributed by atoms with van der Waals surface area (Å²) in [5.41, 5.74) is 0.458. The minimum absolute atomic E-state index is 0.0334. The van der Waals surface area contributed by atoms with Gasteiger partial charge in [-0.2, -0.15) is 0 Å². The van der Waals surface area contributed by atoms with Gasteiger partial charge in [-0.25, -0.2) is 4.79 Å². The Kier molecular flexibility index (Phi) is 9.75. The highest BCUT2D eigenvalue weighted by Gasteiger charge is 2.24. The van der Waals surface area contributed by atoms with Gasteiger partial charge in [-0.15, -0.1) is 0 Å². The van der Waals surface area contributed by atoms with Gasteiger partial charge in [0.05, 0.1) is 27.0 Å². The number of nitrogens with one attached hydrogen (secondary N) is 3. The molecule has 1 aromatic carbocycles. The number of methoxy groups -OCH3 is 2. The number of anilines is 1. The van der Waals surface area contributed by atoms with Gasteiger partial charge in [0.15, 0.2) is 13.1 Å². The summed E-state index contributed by atoms with van der Waals surface area (Å²) in [5, 5.41) is 5.87. The molecular formula is C19H29ClN3O5+. The van der Waals surface area contributed by atoms with E-state index in [9.17, 15) is 14.4 Å². The topological polar surface area (TPSA) is 98.2 Å². The Morgan fingerprint density at radius 1 is 1.14 bits per heavy atom. The van der Waals surface area contributed by atoms with Crippen molar-refractivity contribution in [2.75, 3.05) is 39.7 Å². The van der Waals surface area contributed by atoms with Gasteiger partial charge in [0.1, 0.15) is 11.8 Å². The first-order valence-corrected chi connectivity index (χ1v) is 9.35. The first kappa shape index (κ1) is 23.7. The Bertz CT molecular complexity index is 696. The van der Waals surface area contributed by atoms with E-state index in [-0.39, 0.29) is 30.8 Å². The molecule has 8 nitrogen and oxygen atoms in total. The van der Waals surface area contributed by atoms with E-state index in [1.807, 2.05) is 13.8 Å². The van der Waals surface area contributed by atoms with Crippen LogP contribution in [0.1, 0.15) is 20.3 Å². The Morgan fingerprint density at radius 2 is 1.79 bits per heavy atom. The largest absolute Gasteiger partial charge is 0.495 e. The average Bonchev–Trinajstić information content (AvgIpc) is 2.59. The summed E-state index contributed by atoms with van der Waals surface area (Å²) in [4.78, 5) is 37.0. The first-order valence-electron chi connectivity index (χ1n) is 8.98. The van der Waals surface area contributed by atoms with Crippen LogP contribution in [0.3, 0.4) is 0 Å². The number of quaternary nitrogens is 1. The van der Waals surface area contributed by atoms with Crippen LogP contribution < -0.4 is 20.3 Å². The molecule has 2 atom stereocenters. The number of carbonyl (C=O) groups is 3. The molecule has 0 bridgehead atoms. The highest BCUT2D eigenvalue weighted by atomic mass is 35.5. The molecule has 0 radical (unpaired) electrons. The van der Waals surface area contributed by atoms with Crippen molar-refractivity contribution in [1.29, 1.82) is 0 Å². The zero-order valence-electron chi connectivity index (χ0n) is 16.9. The maximum Gasteiger partial charge on any atom is 0.328 e. The third-order valence-electron chi connectivity index (χ3n) is 3.89. The molecule has 1 rings (SSSR count). The number of carbonyl (C=O) groups excluding carboxylic acids is 3. The fourth-order valence-electron chi connectivity index (χ4n) is 2.66. The summed E-state index contributed by atoms with van der Waals surface area (Å²) >= 11 is 5.95.